The molecule has 0 bridgehead atoms. The molecule has 1 saturated carbocycles. The van der Waals surface area contributed by atoms with Crippen LogP contribution in [0.3, 0.4) is 0 Å². The van der Waals surface area contributed by atoms with E-state index >= 15 is 0 Å². The van der Waals surface area contributed by atoms with Crippen LogP contribution in [-0.4, -0.2) is 44.8 Å². The lowest BCUT2D eigenvalue weighted by molar-refractivity contribution is -0.128. The molecule has 1 unspecified atom stereocenters. The predicted octanol–water partition coefficient (Wildman–Crippen LogP) is 2.77. The van der Waals surface area contributed by atoms with Crippen molar-refractivity contribution in [2.45, 2.75) is 56.5 Å². The predicted molar refractivity (Wildman–Crippen MR) is 104 cm³/mol. The summed E-state index contributed by atoms with van der Waals surface area (Å²) >= 11 is 0. The fourth-order valence-electron chi connectivity index (χ4n) is 4.12. The van der Waals surface area contributed by atoms with E-state index < -0.39 is 5.41 Å². The second-order valence-corrected chi connectivity index (χ2v) is 7.46. The maximum absolute atomic E-state index is 13.0. The van der Waals surface area contributed by atoms with E-state index in [1.54, 1.807) is 7.11 Å². The molecule has 3 rings (SSSR count). The number of ether oxygens (including phenoxy) is 2. The molecule has 1 atom stereocenters. The summed E-state index contributed by atoms with van der Waals surface area (Å²) in [6, 6.07) is 7.74. The Morgan fingerprint density at radius 2 is 1.89 bits per heavy atom. The summed E-state index contributed by atoms with van der Waals surface area (Å²) in [6.45, 7) is 1.68. The average molecular weight is 374 g/mol. The van der Waals surface area contributed by atoms with Crippen molar-refractivity contribution in [2.75, 3.05) is 32.2 Å². The molecule has 1 heterocycles. The molecule has 0 spiro atoms. The van der Waals surface area contributed by atoms with Gasteiger partial charge in [0.1, 0.15) is 6.10 Å². The van der Waals surface area contributed by atoms with Crippen LogP contribution in [-0.2, 0) is 24.5 Å². The largest absolute Gasteiger partial charge is 0.383 e. The Hall–Kier alpha value is -1.92. The van der Waals surface area contributed by atoms with Gasteiger partial charge in [0.15, 0.2) is 0 Å². The van der Waals surface area contributed by atoms with E-state index in [1.165, 1.54) is 6.42 Å². The Labute approximate surface area is 161 Å². The maximum atomic E-state index is 13.0. The van der Waals surface area contributed by atoms with Gasteiger partial charge in [0, 0.05) is 25.9 Å². The van der Waals surface area contributed by atoms with E-state index in [0.717, 1.165) is 49.8 Å². The number of methoxy groups -OCH3 is 1. The second kappa shape index (κ2) is 9.33. The first-order valence-electron chi connectivity index (χ1n) is 9.96. The summed E-state index contributed by atoms with van der Waals surface area (Å²) < 4.78 is 10.5. The van der Waals surface area contributed by atoms with E-state index in [9.17, 15) is 9.59 Å². The summed E-state index contributed by atoms with van der Waals surface area (Å²) in [5.41, 5.74) is 1.28. The third-order valence-corrected chi connectivity index (χ3v) is 5.66. The van der Waals surface area contributed by atoms with Crippen LogP contribution in [0.4, 0.5) is 5.69 Å². The molecule has 0 aromatic heterocycles. The van der Waals surface area contributed by atoms with Crippen molar-refractivity contribution in [1.29, 1.82) is 0 Å². The zero-order chi connectivity index (χ0) is 19.1. The lowest BCUT2D eigenvalue weighted by Crippen LogP contribution is -2.46. The molecule has 1 saturated heterocycles. The van der Waals surface area contributed by atoms with Gasteiger partial charge in [0.2, 0.25) is 5.91 Å². The molecule has 1 aliphatic carbocycles. The summed E-state index contributed by atoms with van der Waals surface area (Å²) in [5, 5.41) is 5.94. The van der Waals surface area contributed by atoms with Crippen molar-refractivity contribution in [3.05, 3.63) is 29.8 Å². The number of hydrogen-bond donors (Lipinski definition) is 2. The van der Waals surface area contributed by atoms with Crippen LogP contribution in [0.5, 0.6) is 0 Å². The maximum Gasteiger partial charge on any atom is 0.253 e. The molecule has 2 aliphatic rings. The lowest BCUT2D eigenvalue weighted by atomic mass is 9.68. The zero-order valence-corrected chi connectivity index (χ0v) is 16.1. The van der Waals surface area contributed by atoms with Crippen molar-refractivity contribution in [3.63, 3.8) is 0 Å². The van der Waals surface area contributed by atoms with E-state index in [-0.39, 0.29) is 17.9 Å². The minimum atomic E-state index is -0.483. The Balaban J connectivity index is 1.71. The van der Waals surface area contributed by atoms with Crippen molar-refractivity contribution in [1.82, 2.24) is 5.32 Å². The molecular formula is C21H30N2O4. The van der Waals surface area contributed by atoms with Crippen molar-refractivity contribution in [3.8, 4) is 0 Å². The quantitative estimate of drug-likeness (QED) is 0.720. The van der Waals surface area contributed by atoms with Crippen molar-refractivity contribution in [2.24, 2.45) is 0 Å². The second-order valence-electron chi connectivity index (χ2n) is 7.46. The molecular weight excluding hydrogens is 344 g/mol. The van der Waals surface area contributed by atoms with Crippen LogP contribution in [0.1, 0.15) is 50.5 Å². The van der Waals surface area contributed by atoms with Crippen LogP contribution in [0.2, 0.25) is 0 Å². The first kappa shape index (κ1) is 19.8. The fraction of sp³-hybridized carbons (Fsp3) is 0.619. The molecule has 0 radical (unpaired) electrons. The first-order valence-corrected chi connectivity index (χ1v) is 9.96. The summed E-state index contributed by atoms with van der Waals surface area (Å²) in [7, 11) is 1.63. The molecule has 148 valence electrons. The number of carbonyl (C=O) groups excluding carboxylic acids is 2. The van der Waals surface area contributed by atoms with E-state index in [2.05, 4.69) is 10.6 Å². The Bertz CT molecular complexity index is 632. The monoisotopic (exact) mass is 374 g/mol. The van der Waals surface area contributed by atoms with E-state index in [0.29, 0.717) is 19.8 Å². The minimum absolute atomic E-state index is 0.0791. The number of amides is 2. The van der Waals surface area contributed by atoms with Crippen LogP contribution in [0, 0.1) is 0 Å². The Morgan fingerprint density at radius 3 is 2.52 bits per heavy atom. The summed E-state index contributed by atoms with van der Waals surface area (Å²) in [6.07, 6.45) is 6.33. The van der Waals surface area contributed by atoms with Crippen molar-refractivity contribution >= 4 is 17.5 Å². The molecule has 1 aliphatic heterocycles. The van der Waals surface area contributed by atoms with E-state index in [1.807, 2.05) is 24.3 Å². The van der Waals surface area contributed by atoms with Crippen molar-refractivity contribution < 1.29 is 19.1 Å². The lowest BCUT2D eigenvalue weighted by Gasteiger charge is -2.36. The van der Waals surface area contributed by atoms with Crippen LogP contribution < -0.4 is 10.6 Å². The average Bonchev–Trinajstić information content (AvgIpc) is 3.24. The van der Waals surface area contributed by atoms with Gasteiger partial charge in [-0.1, -0.05) is 31.4 Å². The van der Waals surface area contributed by atoms with Gasteiger partial charge in [-0.25, -0.2) is 0 Å². The van der Waals surface area contributed by atoms with Gasteiger partial charge >= 0.3 is 0 Å². The van der Waals surface area contributed by atoms with E-state index in [4.69, 9.17) is 9.47 Å². The SMILES string of the molecule is COCCNC(=O)C1(c2ccc(NC(=O)C3CCCO3)cc2)CCCCC1. The van der Waals surface area contributed by atoms with Gasteiger partial charge in [-0.2, -0.15) is 0 Å². The van der Waals surface area contributed by atoms with Crippen LogP contribution >= 0.6 is 0 Å². The number of nitrogens with one attached hydrogen (secondary N) is 2. The molecule has 1 aromatic rings. The smallest absolute Gasteiger partial charge is 0.253 e. The highest BCUT2D eigenvalue weighted by atomic mass is 16.5. The standard InChI is InChI=1S/C21H30N2O4/c1-26-15-13-22-20(25)21(11-3-2-4-12-21)16-7-9-17(10-8-16)23-19(24)18-6-5-14-27-18/h7-10,18H,2-6,11-15H2,1H3,(H,22,25)(H,23,24). The minimum Gasteiger partial charge on any atom is -0.383 e. The highest BCUT2D eigenvalue weighted by Crippen LogP contribution is 2.40. The van der Waals surface area contributed by atoms with Gasteiger partial charge < -0.3 is 20.1 Å². The van der Waals surface area contributed by atoms with Crippen LogP contribution in [0.25, 0.3) is 0 Å². The topological polar surface area (TPSA) is 76.7 Å². The molecule has 2 fully saturated rings. The summed E-state index contributed by atoms with van der Waals surface area (Å²) in [4.78, 5) is 25.2. The molecule has 2 N–H and O–H groups in total. The third kappa shape index (κ3) is 4.68. The Kier molecular flexibility index (Phi) is 6.85. The third-order valence-electron chi connectivity index (χ3n) is 5.66. The Morgan fingerprint density at radius 1 is 1.15 bits per heavy atom. The number of carbonyl (C=O) groups is 2. The number of anilines is 1. The number of hydrogen-bond acceptors (Lipinski definition) is 4. The first-order chi connectivity index (χ1) is 13.2. The molecule has 27 heavy (non-hydrogen) atoms. The van der Waals surface area contributed by atoms with Gasteiger partial charge in [0.25, 0.3) is 5.91 Å². The zero-order valence-electron chi connectivity index (χ0n) is 16.1. The summed E-state index contributed by atoms with van der Waals surface area (Å²) in [5.74, 6) is -0.0136. The highest BCUT2D eigenvalue weighted by molar-refractivity contribution is 5.94. The molecule has 6 nitrogen and oxygen atoms in total. The molecule has 2 amide bonds. The fourth-order valence-corrected chi connectivity index (χ4v) is 4.12. The normalized spacial score (nSPS) is 21.6. The highest BCUT2D eigenvalue weighted by Gasteiger charge is 2.40. The molecule has 1 aromatic carbocycles. The van der Waals surface area contributed by atoms with Gasteiger partial charge in [-0.3, -0.25) is 9.59 Å². The van der Waals surface area contributed by atoms with Gasteiger partial charge in [-0.05, 0) is 43.4 Å². The number of benzene rings is 1. The number of rotatable bonds is 7. The van der Waals surface area contributed by atoms with Gasteiger partial charge in [0.05, 0.1) is 12.0 Å². The van der Waals surface area contributed by atoms with Crippen LogP contribution in [0.15, 0.2) is 24.3 Å². The molecule has 6 heteroatoms. The van der Waals surface area contributed by atoms with Gasteiger partial charge in [-0.15, -0.1) is 0 Å².